The summed E-state index contributed by atoms with van der Waals surface area (Å²) in [6, 6.07) is 3.76. The van der Waals surface area contributed by atoms with Gasteiger partial charge >= 0.3 is 0 Å². The first kappa shape index (κ1) is 15.4. The van der Waals surface area contributed by atoms with Gasteiger partial charge in [0.2, 0.25) is 0 Å². The van der Waals surface area contributed by atoms with Gasteiger partial charge in [-0.05, 0) is 53.0 Å². The first-order valence-corrected chi connectivity index (χ1v) is 6.64. The van der Waals surface area contributed by atoms with Crippen molar-refractivity contribution in [2.24, 2.45) is 0 Å². The van der Waals surface area contributed by atoms with Gasteiger partial charge in [-0.3, -0.25) is 4.79 Å². The fourth-order valence-corrected chi connectivity index (χ4v) is 1.59. The van der Waals surface area contributed by atoms with E-state index in [4.69, 9.17) is 0 Å². The van der Waals surface area contributed by atoms with Crippen molar-refractivity contribution in [1.82, 2.24) is 15.2 Å². The Labute approximate surface area is 115 Å². The van der Waals surface area contributed by atoms with Crippen molar-refractivity contribution in [3.05, 3.63) is 23.9 Å². The van der Waals surface area contributed by atoms with E-state index in [0.29, 0.717) is 5.56 Å². The molecule has 0 fully saturated rings. The predicted octanol–water partition coefficient (Wildman–Crippen LogP) is 1.58. The summed E-state index contributed by atoms with van der Waals surface area (Å²) in [4.78, 5) is 18.1. The molecule has 0 aromatic carbocycles. The molecule has 106 valence electrons. The second kappa shape index (κ2) is 7.74. The molecule has 0 radical (unpaired) electrons. The van der Waals surface area contributed by atoms with E-state index < -0.39 is 0 Å². The highest BCUT2D eigenvalue weighted by atomic mass is 16.1. The third-order valence-corrected chi connectivity index (χ3v) is 2.53. The second-order valence-corrected chi connectivity index (χ2v) is 5.14. The highest BCUT2D eigenvalue weighted by molar-refractivity contribution is 5.94. The number of rotatable bonds is 7. The number of pyridine rings is 1. The fourth-order valence-electron chi connectivity index (χ4n) is 1.59. The maximum Gasteiger partial charge on any atom is 0.253 e. The molecule has 0 saturated heterocycles. The molecule has 0 aliphatic rings. The molecule has 0 unspecified atom stereocenters. The van der Waals surface area contributed by atoms with Crippen molar-refractivity contribution in [2.75, 3.05) is 32.5 Å². The molecule has 1 aromatic rings. The molecular formula is C14H24N4O. The molecule has 0 saturated carbocycles. The van der Waals surface area contributed by atoms with Crippen LogP contribution in [0.2, 0.25) is 0 Å². The van der Waals surface area contributed by atoms with Gasteiger partial charge in [-0.1, -0.05) is 0 Å². The van der Waals surface area contributed by atoms with Crippen LogP contribution in [0, 0.1) is 0 Å². The molecule has 1 heterocycles. The largest absolute Gasteiger partial charge is 0.370 e. The van der Waals surface area contributed by atoms with E-state index in [1.165, 1.54) is 0 Å². The first-order chi connectivity index (χ1) is 8.99. The van der Waals surface area contributed by atoms with Gasteiger partial charge in [0.1, 0.15) is 5.82 Å². The normalized spacial score (nSPS) is 10.8. The van der Waals surface area contributed by atoms with Crippen molar-refractivity contribution in [3.8, 4) is 0 Å². The number of carbonyl (C=O) groups is 1. The fraction of sp³-hybridized carbons (Fsp3) is 0.571. The van der Waals surface area contributed by atoms with Crippen LogP contribution in [0.3, 0.4) is 0 Å². The lowest BCUT2D eigenvalue weighted by molar-refractivity contribution is 0.0943. The highest BCUT2D eigenvalue weighted by Crippen LogP contribution is 2.05. The smallest absolute Gasteiger partial charge is 0.253 e. The molecule has 0 aliphatic carbocycles. The van der Waals surface area contributed by atoms with Crippen molar-refractivity contribution in [2.45, 2.75) is 26.3 Å². The van der Waals surface area contributed by atoms with Crippen molar-refractivity contribution in [1.29, 1.82) is 0 Å². The maximum atomic E-state index is 11.7. The number of nitrogens with one attached hydrogen (secondary N) is 2. The van der Waals surface area contributed by atoms with Crippen LogP contribution in [0.25, 0.3) is 0 Å². The minimum absolute atomic E-state index is 0.0818. The highest BCUT2D eigenvalue weighted by Gasteiger charge is 2.06. The molecule has 0 atom stereocenters. The number of aromatic nitrogens is 1. The quantitative estimate of drug-likeness (QED) is 0.734. The van der Waals surface area contributed by atoms with Crippen molar-refractivity contribution in [3.63, 3.8) is 0 Å². The number of amides is 1. The number of hydrogen-bond acceptors (Lipinski definition) is 4. The zero-order chi connectivity index (χ0) is 14.3. The monoisotopic (exact) mass is 264 g/mol. The number of hydrogen-bond donors (Lipinski definition) is 2. The van der Waals surface area contributed by atoms with Crippen LogP contribution in [-0.2, 0) is 0 Å². The molecular weight excluding hydrogens is 240 g/mol. The lowest BCUT2D eigenvalue weighted by Gasteiger charge is -2.11. The van der Waals surface area contributed by atoms with Crippen LogP contribution >= 0.6 is 0 Å². The lowest BCUT2D eigenvalue weighted by Crippen LogP contribution is -2.30. The summed E-state index contributed by atoms with van der Waals surface area (Å²) in [7, 11) is 4.11. The maximum absolute atomic E-state index is 11.7. The summed E-state index contributed by atoms with van der Waals surface area (Å²) in [5, 5.41) is 6.08. The van der Waals surface area contributed by atoms with Crippen LogP contribution in [0.15, 0.2) is 18.3 Å². The Hall–Kier alpha value is -1.62. The Morgan fingerprint density at radius 1 is 1.37 bits per heavy atom. The third-order valence-electron chi connectivity index (χ3n) is 2.53. The van der Waals surface area contributed by atoms with E-state index >= 15 is 0 Å². The summed E-state index contributed by atoms with van der Waals surface area (Å²) in [6.45, 7) is 5.79. The van der Waals surface area contributed by atoms with E-state index in [2.05, 4.69) is 34.6 Å². The number of carbonyl (C=O) groups excluding carboxylic acids is 1. The van der Waals surface area contributed by atoms with Gasteiger partial charge in [0.15, 0.2) is 0 Å². The van der Waals surface area contributed by atoms with E-state index in [1.807, 2.05) is 19.9 Å². The van der Waals surface area contributed by atoms with Crippen LogP contribution in [-0.4, -0.2) is 49.0 Å². The minimum Gasteiger partial charge on any atom is -0.370 e. The van der Waals surface area contributed by atoms with Gasteiger partial charge in [-0.25, -0.2) is 4.98 Å². The molecule has 0 aliphatic heterocycles. The summed E-state index contributed by atoms with van der Waals surface area (Å²) in [5.74, 6) is 0.724. The second-order valence-electron chi connectivity index (χ2n) is 5.14. The standard InChI is InChI=1S/C14H24N4O/c1-11(2)17-14(19)12-6-7-13(16-10-12)15-8-5-9-18(3)4/h6-7,10-11H,5,8-9H2,1-4H3,(H,15,16)(H,17,19). The summed E-state index contributed by atoms with van der Waals surface area (Å²) in [5.41, 5.74) is 0.590. The Morgan fingerprint density at radius 3 is 2.63 bits per heavy atom. The van der Waals surface area contributed by atoms with Gasteiger partial charge < -0.3 is 15.5 Å². The molecule has 19 heavy (non-hydrogen) atoms. The molecule has 0 bridgehead atoms. The molecule has 5 heteroatoms. The molecule has 0 spiro atoms. The molecule has 2 N–H and O–H groups in total. The van der Waals surface area contributed by atoms with Gasteiger partial charge in [0.25, 0.3) is 5.91 Å². The van der Waals surface area contributed by atoms with Crippen LogP contribution in [0.5, 0.6) is 0 Å². The Balaban J connectivity index is 2.41. The summed E-state index contributed by atoms with van der Waals surface area (Å²) in [6.07, 6.45) is 2.66. The zero-order valence-corrected chi connectivity index (χ0v) is 12.2. The van der Waals surface area contributed by atoms with E-state index in [1.54, 1.807) is 12.3 Å². The average molecular weight is 264 g/mol. The van der Waals surface area contributed by atoms with Gasteiger partial charge in [0.05, 0.1) is 5.56 Å². The Kier molecular flexibility index (Phi) is 6.29. The third kappa shape index (κ3) is 6.20. The SMILES string of the molecule is CC(C)NC(=O)c1ccc(NCCCN(C)C)nc1. The Morgan fingerprint density at radius 2 is 2.11 bits per heavy atom. The summed E-state index contributed by atoms with van der Waals surface area (Å²) >= 11 is 0. The average Bonchev–Trinajstić information content (AvgIpc) is 2.34. The molecule has 1 aromatic heterocycles. The van der Waals surface area contributed by atoms with Crippen molar-refractivity contribution < 1.29 is 4.79 Å². The van der Waals surface area contributed by atoms with Crippen LogP contribution in [0.4, 0.5) is 5.82 Å². The lowest BCUT2D eigenvalue weighted by atomic mass is 10.2. The number of nitrogens with zero attached hydrogens (tertiary/aromatic N) is 2. The van der Waals surface area contributed by atoms with E-state index in [0.717, 1.165) is 25.3 Å². The topological polar surface area (TPSA) is 57.3 Å². The minimum atomic E-state index is -0.0818. The summed E-state index contributed by atoms with van der Waals surface area (Å²) < 4.78 is 0. The number of anilines is 1. The molecule has 5 nitrogen and oxygen atoms in total. The molecule has 1 amide bonds. The van der Waals surface area contributed by atoms with Gasteiger partial charge in [0, 0.05) is 18.8 Å². The molecule has 1 rings (SSSR count). The van der Waals surface area contributed by atoms with Gasteiger partial charge in [-0.15, -0.1) is 0 Å². The van der Waals surface area contributed by atoms with Crippen molar-refractivity contribution >= 4 is 11.7 Å². The van der Waals surface area contributed by atoms with E-state index in [9.17, 15) is 4.79 Å². The first-order valence-electron chi connectivity index (χ1n) is 6.64. The zero-order valence-electron chi connectivity index (χ0n) is 12.2. The van der Waals surface area contributed by atoms with Crippen LogP contribution < -0.4 is 10.6 Å². The van der Waals surface area contributed by atoms with Gasteiger partial charge in [-0.2, -0.15) is 0 Å². The Bertz CT molecular complexity index is 387. The predicted molar refractivity (Wildman–Crippen MR) is 78.5 cm³/mol. The van der Waals surface area contributed by atoms with Crippen LogP contribution in [0.1, 0.15) is 30.6 Å². The van der Waals surface area contributed by atoms with E-state index in [-0.39, 0.29) is 11.9 Å².